The van der Waals surface area contributed by atoms with Crippen molar-refractivity contribution in [1.82, 2.24) is 19.8 Å². The van der Waals surface area contributed by atoms with Gasteiger partial charge < -0.3 is 14.5 Å². The summed E-state index contributed by atoms with van der Waals surface area (Å²) in [6, 6.07) is 16.6. The van der Waals surface area contributed by atoms with E-state index in [0.29, 0.717) is 36.7 Å². The van der Waals surface area contributed by atoms with Gasteiger partial charge in [0.1, 0.15) is 11.3 Å². The average Bonchev–Trinajstić information content (AvgIpc) is 2.88. The van der Waals surface area contributed by atoms with Crippen LogP contribution in [0.2, 0.25) is 0 Å². The van der Waals surface area contributed by atoms with Crippen molar-refractivity contribution < 1.29 is 19.1 Å². The van der Waals surface area contributed by atoms with Gasteiger partial charge >= 0.3 is 5.97 Å². The molecule has 1 aliphatic rings. The van der Waals surface area contributed by atoms with Gasteiger partial charge in [-0.15, -0.1) is 0 Å². The van der Waals surface area contributed by atoms with Crippen molar-refractivity contribution in [3.05, 3.63) is 82.7 Å². The van der Waals surface area contributed by atoms with E-state index in [1.54, 1.807) is 23.6 Å². The Morgan fingerprint density at radius 3 is 2.28 bits per heavy atom. The highest BCUT2D eigenvalue weighted by Gasteiger charge is 2.34. The van der Waals surface area contributed by atoms with Gasteiger partial charge in [0, 0.05) is 36.8 Å². The first-order valence-electron chi connectivity index (χ1n) is 12.1. The summed E-state index contributed by atoms with van der Waals surface area (Å²) in [7, 11) is 0. The summed E-state index contributed by atoms with van der Waals surface area (Å²) in [5.74, 6) is -0.703. The molecular formula is C28H30N4O4. The molecular weight excluding hydrogens is 456 g/mol. The van der Waals surface area contributed by atoms with Gasteiger partial charge in [0.2, 0.25) is 0 Å². The molecule has 0 aliphatic carbocycles. The molecule has 2 amide bonds. The molecule has 1 atom stereocenters. The van der Waals surface area contributed by atoms with Gasteiger partial charge in [-0.25, -0.2) is 14.8 Å². The molecule has 2 aromatic carbocycles. The van der Waals surface area contributed by atoms with Crippen molar-refractivity contribution >= 4 is 17.8 Å². The van der Waals surface area contributed by atoms with Crippen molar-refractivity contribution in [2.75, 3.05) is 26.2 Å². The van der Waals surface area contributed by atoms with Crippen LogP contribution in [0.5, 0.6) is 0 Å². The van der Waals surface area contributed by atoms with Crippen molar-refractivity contribution in [1.29, 1.82) is 0 Å². The lowest BCUT2D eigenvalue weighted by molar-refractivity contribution is 0.0406. The van der Waals surface area contributed by atoms with E-state index in [-0.39, 0.29) is 35.7 Å². The Bertz CT molecular complexity index is 1270. The Balaban J connectivity index is 1.62. The first kappa shape index (κ1) is 25.0. The summed E-state index contributed by atoms with van der Waals surface area (Å²) >= 11 is 0. The quantitative estimate of drug-likeness (QED) is 0.508. The molecule has 1 aromatic heterocycles. The molecule has 8 nitrogen and oxygen atoms in total. The minimum absolute atomic E-state index is 0.0188. The molecule has 0 bridgehead atoms. The van der Waals surface area contributed by atoms with Crippen LogP contribution in [0.25, 0.3) is 11.4 Å². The molecule has 1 saturated heterocycles. The molecule has 186 valence electrons. The van der Waals surface area contributed by atoms with Gasteiger partial charge in [0.05, 0.1) is 12.3 Å². The van der Waals surface area contributed by atoms with E-state index in [4.69, 9.17) is 4.74 Å². The number of hydrogen-bond acceptors (Lipinski definition) is 6. The molecule has 3 aromatic rings. The molecule has 1 unspecified atom stereocenters. The molecule has 1 fully saturated rings. The van der Waals surface area contributed by atoms with Gasteiger partial charge in [-0.05, 0) is 39.8 Å². The predicted octanol–water partition coefficient (Wildman–Crippen LogP) is 3.92. The summed E-state index contributed by atoms with van der Waals surface area (Å²) in [5, 5.41) is 0. The fourth-order valence-electron chi connectivity index (χ4n) is 4.35. The van der Waals surface area contributed by atoms with Crippen LogP contribution in [0, 0.1) is 13.8 Å². The molecule has 0 N–H and O–H groups in total. The number of carbonyl (C=O) groups excluding carboxylic acids is 3. The number of aromatic nitrogens is 2. The number of piperazine rings is 1. The Labute approximate surface area is 210 Å². The fraction of sp³-hybridized carbons (Fsp3) is 0.321. The highest BCUT2D eigenvalue weighted by atomic mass is 16.5. The van der Waals surface area contributed by atoms with E-state index in [1.807, 2.05) is 68.4 Å². The highest BCUT2D eigenvalue weighted by Crippen LogP contribution is 2.23. The van der Waals surface area contributed by atoms with Crippen LogP contribution in [0.1, 0.15) is 56.3 Å². The SMILES string of the molecule is CCOC(=O)c1c(C)nc(-c2ccccc2)nc1C(=O)N1CCN(C(=O)c2ccc(C)cc2)C(C)C1. The normalized spacial score (nSPS) is 15.5. The van der Waals surface area contributed by atoms with Gasteiger partial charge in [0.15, 0.2) is 5.82 Å². The van der Waals surface area contributed by atoms with Gasteiger partial charge in [-0.1, -0.05) is 48.0 Å². The van der Waals surface area contributed by atoms with Crippen molar-refractivity contribution in [2.24, 2.45) is 0 Å². The molecule has 4 rings (SSSR count). The number of benzene rings is 2. The number of amides is 2. The zero-order valence-electron chi connectivity index (χ0n) is 21.0. The molecule has 8 heteroatoms. The highest BCUT2D eigenvalue weighted by molar-refractivity contribution is 6.05. The van der Waals surface area contributed by atoms with E-state index in [9.17, 15) is 14.4 Å². The largest absolute Gasteiger partial charge is 0.462 e. The first-order chi connectivity index (χ1) is 17.3. The maximum Gasteiger partial charge on any atom is 0.342 e. The van der Waals surface area contributed by atoms with E-state index < -0.39 is 5.97 Å². The standard InChI is InChI=1S/C28H30N4O4/c1-5-36-28(35)23-20(4)29-25(21-9-7-6-8-10-21)30-24(23)27(34)31-15-16-32(19(3)17-31)26(33)22-13-11-18(2)12-14-22/h6-14,19H,5,15-17H2,1-4H3. The molecule has 2 heterocycles. The Morgan fingerprint density at radius 2 is 1.64 bits per heavy atom. The second-order valence-corrected chi connectivity index (χ2v) is 8.91. The minimum Gasteiger partial charge on any atom is -0.462 e. The first-order valence-corrected chi connectivity index (χ1v) is 12.1. The van der Waals surface area contributed by atoms with Crippen LogP contribution in [0.3, 0.4) is 0 Å². The molecule has 0 saturated carbocycles. The van der Waals surface area contributed by atoms with Crippen molar-refractivity contribution in [2.45, 2.75) is 33.7 Å². The number of rotatable bonds is 5. The number of nitrogens with zero attached hydrogens (tertiary/aromatic N) is 4. The summed E-state index contributed by atoms with van der Waals surface area (Å²) in [6.45, 7) is 8.47. The van der Waals surface area contributed by atoms with Crippen LogP contribution in [-0.4, -0.2) is 69.8 Å². The number of hydrogen-bond donors (Lipinski definition) is 0. The van der Waals surface area contributed by atoms with Gasteiger partial charge in [-0.2, -0.15) is 0 Å². The Kier molecular flexibility index (Phi) is 7.43. The van der Waals surface area contributed by atoms with E-state index in [0.717, 1.165) is 11.1 Å². The van der Waals surface area contributed by atoms with Crippen LogP contribution < -0.4 is 0 Å². The monoisotopic (exact) mass is 486 g/mol. The van der Waals surface area contributed by atoms with Gasteiger partial charge in [-0.3, -0.25) is 9.59 Å². The number of aryl methyl sites for hydroxylation is 2. The molecule has 1 aliphatic heterocycles. The van der Waals surface area contributed by atoms with E-state index >= 15 is 0 Å². The Morgan fingerprint density at radius 1 is 0.944 bits per heavy atom. The lowest BCUT2D eigenvalue weighted by Gasteiger charge is -2.40. The van der Waals surface area contributed by atoms with Crippen LogP contribution >= 0.6 is 0 Å². The maximum absolute atomic E-state index is 13.7. The zero-order chi connectivity index (χ0) is 25.8. The maximum atomic E-state index is 13.7. The number of carbonyl (C=O) groups is 3. The molecule has 0 spiro atoms. The number of esters is 1. The van der Waals surface area contributed by atoms with Crippen molar-refractivity contribution in [3.63, 3.8) is 0 Å². The third kappa shape index (κ3) is 5.12. The molecule has 36 heavy (non-hydrogen) atoms. The lowest BCUT2D eigenvalue weighted by Crippen LogP contribution is -2.55. The van der Waals surface area contributed by atoms with Crippen LogP contribution in [-0.2, 0) is 4.74 Å². The average molecular weight is 487 g/mol. The summed E-state index contributed by atoms with van der Waals surface area (Å²) in [4.78, 5) is 52.0. The van der Waals surface area contributed by atoms with E-state index in [2.05, 4.69) is 9.97 Å². The summed E-state index contributed by atoms with van der Waals surface area (Å²) < 4.78 is 5.22. The Hall–Kier alpha value is -4.07. The van der Waals surface area contributed by atoms with Crippen molar-refractivity contribution in [3.8, 4) is 11.4 Å². The lowest BCUT2D eigenvalue weighted by atomic mass is 10.1. The number of ether oxygens (including phenoxy) is 1. The third-order valence-electron chi connectivity index (χ3n) is 6.28. The van der Waals surface area contributed by atoms with Crippen LogP contribution in [0.15, 0.2) is 54.6 Å². The smallest absolute Gasteiger partial charge is 0.342 e. The summed E-state index contributed by atoms with van der Waals surface area (Å²) in [5.41, 5.74) is 2.93. The van der Waals surface area contributed by atoms with Gasteiger partial charge in [0.25, 0.3) is 11.8 Å². The minimum atomic E-state index is -0.626. The summed E-state index contributed by atoms with van der Waals surface area (Å²) in [6.07, 6.45) is 0. The van der Waals surface area contributed by atoms with Crippen LogP contribution in [0.4, 0.5) is 0 Å². The zero-order valence-corrected chi connectivity index (χ0v) is 21.0. The van der Waals surface area contributed by atoms with E-state index in [1.165, 1.54) is 0 Å². The fourth-order valence-corrected chi connectivity index (χ4v) is 4.35. The topological polar surface area (TPSA) is 92.7 Å². The third-order valence-corrected chi connectivity index (χ3v) is 6.28. The molecule has 0 radical (unpaired) electrons. The second kappa shape index (κ2) is 10.7. The predicted molar refractivity (Wildman–Crippen MR) is 136 cm³/mol. The second-order valence-electron chi connectivity index (χ2n) is 8.91.